The Morgan fingerprint density at radius 1 is 0.516 bits per heavy atom. The van der Waals surface area contributed by atoms with Crippen LogP contribution in [0.15, 0.2) is 85.1 Å². The molecule has 1 fully saturated rings. The van der Waals surface area contributed by atoms with E-state index in [0.717, 1.165) is 103 Å². The Hall–Kier alpha value is -2.63. The van der Waals surface area contributed by atoms with Gasteiger partial charge in [0.25, 0.3) is 0 Å². The van der Waals surface area contributed by atoms with Gasteiger partial charge in [0.1, 0.15) is 30.5 Å². The number of hydrogen-bond donors (Lipinski definition) is 4. The third-order valence-corrected chi connectivity index (χ3v) is 10.8. The first-order valence-electron chi connectivity index (χ1n) is 24.7. The second-order valence-electron chi connectivity index (χ2n) is 16.5. The third kappa shape index (κ3) is 33.9. The molecule has 0 aromatic rings. The number of rotatable bonds is 41. The highest BCUT2D eigenvalue weighted by atomic mass is 16.7. The minimum atomic E-state index is -1.54. The Bertz CT molecular complexity index is 1220. The fourth-order valence-corrected chi connectivity index (χ4v) is 7.03. The van der Waals surface area contributed by atoms with Gasteiger partial charge in [0.15, 0.2) is 6.29 Å². The van der Waals surface area contributed by atoms with E-state index < -0.39 is 43.4 Å². The Morgan fingerprint density at radius 3 is 1.40 bits per heavy atom. The minimum absolute atomic E-state index is 0.125. The molecule has 356 valence electrons. The van der Waals surface area contributed by atoms with Crippen molar-refractivity contribution in [1.82, 2.24) is 0 Å². The maximum atomic E-state index is 12.8. The Labute approximate surface area is 378 Å². The van der Waals surface area contributed by atoms with Crippen molar-refractivity contribution in [3.8, 4) is 0 Å². The number of aliphatic hydroxyl groups excluding tert-OH is 4. The minimum Gasteiger partial charge on any atom is -0.457 e. The number of hydrogen-bond acceptors (Lipinski definition) is 9. The lowest BCUT2D eigenvalue weighted by Crippen LogP contribution is -2.59. The smallest absolute Gasteiger partial charge is 0.306 e. The molecule has 6 unspecified atom stereocenters. The van der Waals surface area contributed by atoms with E-state index >= 15 is 0 Å². The number of aliphatic hydroxyl groups is 4. The van der Waals surface area contributed by atoms with Gasteiger partial charge in [-0.05, 0) is 83.5 Å². The van der Waals surface area contributed by atoms with Crippen LogP contribution >= 0.6 is 0 Å². The van der Waals surface area contributed by atoms with Crippen molar-refractivity contribution in [2.75, 3.05) is 26.4 Å². The summed E-state index contributed by atoms with van der Waals surface area (Å²) in [4.78, 5) is 12.8. The van der Waals surface area contributed by atoms with Crippen LogP contribution in [0.25, 0.3) is 0 Å². The second-order valence-corrected chi connectivity index (χ2v) is 16.5. The molecule has 0 amide bonds. The van der Waals surface area contributed by atoms with Gasteiger partial charge in [0.05, 0.1) is 19.8 Å². The van der Waals surface area contributed by atoms with E-state index in [1.807, 2.05) is 0 Å². The van der Waals surface area contributed by atoms with Crippen LogP contribution in [0.2, 0.25) is 0 Å². The first kappa shape index (κ1) is 57.4. The van der Waals surface area contributed by atoms with Gasteiger partial charge < -0.3 is 39.4 Å². The van der Waals surface area contributed by atoms with E-state index in [0.29, 0.717) is 13.0 Å². The lowest BCUT2D eigenvalue weighted by Gasteiger charge is -2.39. The van der Waals surface area contributed by atoms with Crippen molar-refractivity contribution >= 4 is 5.97 Å². The van der Waals surface area contributed by atoms with E-state index in [9.17, 15) is 25.2 Å². The summed E-state index contributed by atoms with van der Waals surface area (Å²) in [5.41, 5.74) is 0. The Morgan fingerprint density at radius 2 is 0.935 bits per heavy atom. The van der Waals surface area contributed by atoms with Gasteiger partial charge in [-0.1, -0.05) is 176 Å². The average Bonchev–Trinajstić information content (AvgIpc) is 3.27. The zero-order chi connectivity index (χ0) is 45.0. The summed E-state index contributed by atoms with van der Waals surface area (Å²) >= 11 is 0. The summed E-state index contributed by atoms with van der Waals surface area (Å²) in [6.45, 7) is 4.30. The number of carbonyl (C=O) groups is 1. The maximum absolute atomic E-state index is 12.8. The predicted molar refractivity (Wildman–Crippen MR) is 256 cm³/mol. The highest BCUT2D eigenvalue weighted by Gasteiger charge is 2.44. The average molecular weight is 871 g/mol. The highest BCUT2D eigenvalue weighted by Crippen LogP contribution is 2.22. The molecule has 0 aromatic carbocycles. The van der Waals surface area contributed by atoms with Crippen molar-refractivity contribution in [2.45, 2.75) is 218 Å². The topological polar surface area (TPSA) is 135 Å². The van der Waals surface area contributed by atoms with Crippen LogP contribution in [0.3, 0.4) is 0 Å². The van der Waals surface area contributed by atoms with Gasteiger partial charge in [-0.15, -0.1) is 0 Å². The maximum Gasteiger partial charge on any atom is 0.306 e. The van der Waals surface area contributed by atoms with Gasteiger partial charge in [0.2, 0.25) is 0 Å². The summed E-state index contributed by atoms with van der Waals surface area (Å²) in [6, 6.07) is 0. The van der Waals surface area contributed by atoms with E-state index in [-0.39, 0.29) is 19.2 Å². The van der Waals surface area contributed by atoms with Crippen LogP contribution in [0, 0.1) is 0 Å². The van der Waals surface area contributed by atoms with Gasteiger partial charge in [-0.2, -0.15) is 0 Å². The number of allylic oxidation sites excluding steroid dienone is 14. The molecule has 1 aliphatic heterocycles. The van der Waals surface area contributed by atoms with Gasteiger partial charge in [0, 0.05) is 13.0 Å². The molecule has 6 atom stereocenters. The summed E-state index contributed by atoms with van der Waals surface area (Å²) in [5, 5.41) is 40.2. The van der Waals surface area contributed by atoms with Crippen LogP contribution in [0.4, 0.5) is 0 Å². The molecular weight excluding hydrogens is 781 g/mol. The number of unbranched alkanes of at least 4 members (excludes halogenated alkanes) is 16. The van der Waals surface area contributed by atoms with Gasteiger partial charge >= 0.3 is 5.97 Å². The van der Waals surface area contributed by atoms with E-state index in [4.69, 9.17) is 18.9 Å². The van der Waals surface area contributed by atoms with E-state index in [2.05, 4.69) is 98.9 Å². The quantitative estimate of drug-likeness (QED) is 0.0269. The van der Waals surface area contributed by atoms with Crippen molar-refractivity contribution in [2.24, 2.45) is 0 Å². The molecule has 62 heavy (non-hydrogen) atoms. The molecule has 1 saturated heterocycles. The van der Waals surface area contributed by atoms with Crippen molar-refractivity contribution < 1.29 is 44.2 Å². The van der Waals surface area contributed by atoms with E-state index in [1.165, 1.54) is 57.8 Å². The molecule has 9 heteroatoms. The van der Waals surface area contributed by atoms with Crippen LogP contribution in [0.1, 0.15) is 181 Å². The fraction of sp³-hybridized carbons (Fsp3) is 0.717. The molecule has 0 spiro atoms. The fourth-order valence-electron chi connectivity index (χ4n) is 7.03. The number of ether oxygens (including phenoxy) is 4. The first-order chi connectivity index (χ1) is 30.4. The number of esters is 1. The standard InChI is InChI=1S/C53H90O9/c1-3-5-7-9-11-13-15-17-19-21-22-23-24-25-27-29-31-33-35-37-39-41-43-59-45-47(46-60-53-52(58)51(57)50(56)48(44-54)62-53)61-49(55)42-40-38-36-34-32-30-28-26-20-18-16-14-12-10-8-6-4-2/h5-8,11-14,17-20,22-23,47-48,50-54,56-58H,3-4,9-10,15-16,21,24-46H2,1-2H3/b7-5-,8-6-,13-11-,14-12-,19-17-,20-18-,23-22-. The highest BCUT2D eigenvalue weighted by molar-refractivity contribution is 5.69. The Balaban J connectivity index is 2.23. The van der Waals surface area contributed by atoms with Crippen LogP contribution in [0.5, 0.6) is 0 Å². The van der Waals surface area contributed by atoms with Crippen molar-refractivity contribution in [1.29, 1.82) is 0 Å². The van der Waals surface area contributed by atoms with Gasteiger partial charge in [-0.3, -0.25) is 4.79 Å². The van der Waals surface area contributed by atoms with Crippen LogP contribution < -0.4 is 0 Å². The molecular formula is C53H90O9. The summed E-state index contributed by atoms with van der Waals surface area (Å²) in [7, 11) is 0. The monoisotopic (exact) mass is 871 g/mol. The largest absolute Gasteiger partial charge is 0.457 e. The summed E-state index contributed by atoms with van der Waals surface area (Å²) in [5.74, 6) is -0.329. The summed E-state index contributed by atoms with van der Waals surface area (Å²) < 4.78 is 22.9. The molecule has 0 aliphatic carbocycles. The SMILES string of the molecule is CC/C=C\C/C=C\C/C=C\C/C=C\CCCCCCCCCCCOCC(COC1OC(CO)C(O)C(O)C1O)OC(=O)CCCCCCCCC/C=C\C/C=C\C/C=C\CC. The summed E-state index contributed by atoms with van der Waals surface area (Å²) in [6.07, 6.45) is 51.8. The first-order valence-corrected chi connectivity index (χ1v) is 24.7. The predicted octanol–water partition coefficient (Wildman–Crippen LogP) is 11.8. The molecule has 0 bridgehead atoms. The third-order valence-electron chi connectivity index (χ3n) is 10.8. The lowest BCUT2D eigenvalue weighted by atomic mass is 9.99. The van der Waals surface area contributed by atoms with Gasteiger partial charge in [-0.25, -0.2) is 0 Å². The van der Waals surface area contributed by atoms with Crippen LogP contribution in [-0.4, -0.2) is 89.6 Å². The van der Waals surface area contributed by atoms with Crippen molar-refractivity contribution in [3.05, 3.63) is 85.1 Å². The normalized spacial score (nSPS) is 20.5. The molecule has 0 saturated carbocycles. The lowest BCUT2D eigenvalue weighted by molar-refractivity contribution is -0.305. The molecule has 1 aliphatic rings. The number of carbonyl (C=O) groups excluding carboxylic acids is 1. The second kappa shape index (κ2) is 43.6. The molecule has 1 heterocycles. The molecule has 1 rings (SSSR count). The van der Waals surface area contributed by atoms with E-state index in [1.54, 1.807) is 0 Å². The zero-order valence-electron chi connectivity index (χ0n) is 39.1. The molecule has 0 aromatic heterocycles. The van der Waals surface area contributed by atoms with Crippen molar-refractivity contribution in [3.63, 3.8) is 0 Å². The zero-order valence-corrected chi connectivity index (χ0v) is 39.1. The molecule has 4 N–H and O–H groups in total. The van der Waals surface area contributed by atoms with Crippen LogP contribution in [-0.2, 0) is 23.7 Å². The Kier molecular flexibility index (Phi) is 40.4. The molecule has 9 nitrogen and oxygen atoms in total. The molecule has 0 radical (unpaired) electrons.